The molecule has 1 unspecified atom stereocenters. The van der Waals surface area contributed by atoms with Gasteiger partial charge in [0, 0.05) is 31.4 Å². The smallest absolute Gasteiger partial charge is 0.0593 e. The second-order valence-corrected chi connectivity index (χ2v) is 6.00. The number of fused-ring (bicyclic) bond motifs is 1. The van der Waals surface area contributed by atoms with Crippen molar-refractivity contribution < 1.29 is 4.74 Å². The van der Waals surface area contributed by atoms with Gasteiger partial charge in [0.25, 0.3) is 0 Å². The highest BCUT2D eigenvalue weighted by atomic mass is 16.5. The Bertz CT molecular complexity index is 570. The molecule has 1 aliphatic rings. The summed E-state index contributed by atoms with van der Waals surface area (Å²) in [6, 6.07) is 9.01. The van der Waals surface area contributed by atoms with E-state index in [1.807, 2.05) is 0 Å². The zero-order valence-electron chi connectivity index (χ0n) is 13.0. The number of rotatable bonds is 7. The van der Waals surface area contributed by atoms with Gasteiger partial charge in [-0.3, -0.25) is 0 Å². The summed E-state index contributed by atoms with van der Waals surface area (Å²) in [7, 11) is 0. The minimum atomic E-state index is 0.469. The SMILES string of the molecule is CCCNCc1ccc2ccn(CCC3CCCO3)c2c1. The largest absolute Gasteiger partial charge is 0.378 e. The maximum absolute atomic E-state index is 5.73. The number of ether oxygens (including phenoxy) is 1. The molecular weight excluding hydrogens is 260 g/mol. The molecule has 2 heterocycles. The molecule has 1 aromatic heterocycles. The minimum absolute atomic E-state index is 0.469. The molecular formula is C18H26N2O. The number of hydrogen-bond donors (Lipinski definition) is 1. The van der Waals surface area contributed by atoms with Crippen LogP contribution in [0.5, 0.6) is 0 Å². The molecule has 0 radical (unpaired) electrons. The van der Waals surface area contributed by atoms with E-state index in [1.165, 1.54) is 35.7 Å². The number of benzene rings is 1. The average Bonchev–Trinajstić information content (AvgIpc) is 3.14. The second kappa shape index (κ2) is 7.10. The fourth-order valence-corrected chi connectivity index (χ4v) is 3.10. The highest BCUT2D eigenvalue weighted by Gasteiger charge is 2.15. The molecule has 1 aromatic carbocycles. The topological polar surface area (TPSA) is 26.2 Å². The highest BCUT2D eigenvalue weighted by molar-refractivity contribution is 5.80. The summed E-state index contributed by atoms with van der Waals surface area (Å²) in [5.41, 5.74) is 2.72. The van der Waals surface area contributed by atoms with Gasteiger partial charge in [0.2, 0.25) is 0 Å². The van der Waals surface area contributed by atoms with Gasteiger partial charge in [-0.25, -0.2) is 0 Å². The van der Waals surface area contributed by atoms with Gasteiger partial charge in [-0.05, 0) is 55.3 Å². The molecule has 2 aromatic rings. The van der Waals surface area contributed by atoms with Crippen molar-refractivity contribution >= 4 is 10.9 Å². The summed E-state index contributed by atoms with van der Waals surface area (Å²) in [6.45, 7) is 6.25. The van der Waals surface area contributed by atoms with Crippen LogP contribution < -0.4 is 5.32 Å². The Morgan fingerprint density at radius 2 is 2.29 bits per heavy atom. The van der Waals surface area contributed by atoms with Gasteiger partial charge in [0.1, 0.15) is 0 Å². The van der Waals surface area contributed by atoms with Gasteiger partial charge in [-0.1, -0.05) is 19.1 Å². The lowest BCUT2D eigenvalue weighted by Crippen LogP contribution is -2.13. The van der Waals surface area contributed by atoms with Crippen molar-refractivity contribution in [2.45, 2.75) is 51.8 Å². The Morgan fingerprint density at radius 3 is 3.10 bits per heavy atom. The van der Waals surface area contributed by atoms with Crippen molar-refractivity contribution in [3.8, 4) is 0 Å². The first-order chi connectivity index (χ1) is 10.4. The van der Waals surface area contributed by atoms with Gasteiger partial charge in [-0.2, -0.15) is 0 Å². The van der Waals surface area contributed by atoms with Crippen molar-refractivity contribution in [2.24, 2.45) is 0 Å². The third kappa shape index (κ3) is 3.66. The van der Waals surface area contributed by atoms with Crippen LogP contribution in [0.25, 0.3) is 10.9 Å². The molecule has 114 valence electrons. The third-order valence-corrected chi connectivity index (χ3v) is 4.31. The number of aromatic nitrogens is 1. The van der Waals surface area contributed by atoms with Crippen molar-refractivity contribution in [1.82, 2.24) is 9.88 Å². The first kappa shape index (κ1) is 14.6. The van der Waals surface area contributed by atoms with Crippen LogP contribution in [0.4, 0.5) is 0 Å². The summed E-state index contributed by atoms with van der Waals surface area (Å²) in [6.07, 6.45) is 7.44. The van der Waals surface area contributed by atoms with E-state index >= 15 is 0 Å². The van der Waals surface area contributed by atoms with Crippen LogP contribution in [0, 0.1) is 0 Å². The van der Waals surface area contributed by atoms with Crippen LogP contribution in [0.2, 0.25) is 0 Å². The lowest BCUT2D eigenvalue weighted by Gasteiger charge is -2.11. The summed E-state index contributed by atoms with van der Waals surface area (Å²) in [5.74, 6) is 0. The fraction of sp³-hybridized carbons (Fsp3) is 0.556. The Labute approximate surface area is 127 Å². The van der Waals surface area contributed by atoms with Crippen LogP contribution >= 0.6 is 0 Å². The number of aryl methyl sites for hydroxylation is 1. The van der Waals surface area contributed by atoms with Gasteiger partial charge in [0.15, 0.2) is 0 Å². The predicted octanol–water partition coefficient (Wildman–Crippen LogP) is 3.71. The van der Waals surface area contributed by atoms with Crippen LogP contribution in [-0.2, 0) is 17.8 Å². The standard InChI is InChI=1S/C18H26N2O/c1-2-9-19-14-15-5-6-16-7-10-20(18(16)13-15)11-8-17-4-3-12-21-17/h5-7,10,13,17,19H,2-4,8-9,11-12,14H2,1H3. The van der Waals surface area contributed by atoms with E-state index in [0.717, 1.165) is 32.7 Å². The van der Waals surface area contributed by atoms with Crippen LogP contribution in [0.3, 0.4) is 0 Å². The average molecular weight is 286 g/mol. The maximum Gasteiger partial charge on any atom is 0.0593 e. The molecule has 21 heavy (non-hydrogen) atoms. The van der Waals surface area contributed by atoms with E-state index < -0.39 is 0 Å². The molecule has 0 spiro atoms. The molecule has 1 fully saturated rings. The summed E-state index contributed by atoms with van der Waals surface area (Å²) in [4.78, 5) is 0. The van der Waals surface area contributed by atoms with Crippen molar-refractivity contribution in [3.05, 3.63) is 36.0 Å². The molecule has 0 amide bonds. The Morgan fingerprint density at radius 1 is 1.33 bits per heavy atom. The third-order valence-electron chi connectivity index (χ3n) is 4.31. The van der Waals surface area contributed by atoms with Gasteiger partial charge in [-0.15, -0.1) is 0 Å². The Balaban J connectivity index is 1.67. The van der Waals surface area contributed by atoms with E-state index in [0.29, 0.717) is 6.10 Å². The van der Waals surface area contributed by atoms with Crippen LogP contribution in [-0.4, -0.2) is 23.8 Å². The van der Waals surface area contributed by atoms with E-state index in [-0.39, 0.29) is 0 Å². The Kier molecular flexibility index (Phi) is 4.94. The van der Waals surface area contributed by atoms with Crippen molar-refractivity contribution in [1.29, 1.82) is 0 Å². The Hall–Kier alpha value is -1.32. The number of nitrogens with one attached hydrogen (secondary N) is 1. The van der Waals surface area contributed by atoms with E-state index in [1.54, 1.807) is 0 Å². The molecule has 0 saturated carbocycles. The van der Waals surface area contributed by atoms with Gasteiger partial charge < -0.3 is 14.6 Å². The molecule has 3 rings (SSSR count). The molecule has 1 aliphatic heterocycles. The summed E-state index contributed by atoms with van der Waals surface area (Å²) < 4.78 is 8.10. The van der Waals surface area contributed by atoms with E-state index in [9.17, 15) is 0 Å². The van der Waals surface area contributed by atoms with Crippen molar-refractivity contribution in [2.75, 3.05) is 13.2 Å². The zero-order chi connectivity index (χ0) is 14.5. The van der Waals surface area contributed by atoms with Crippen LogP contribution in [0.15, 0.2) is 30.5 Å². The summed E-state index contributed by atoms with van der Waals surface area (Å²) >= 11 is 0. The first-order valence-electron chi connectivity index (χ1n) is 8.27. The normalized spacial score (nSPS) is 18.6. The lowest BCUT2D eigenvalue weighted by molar-refractivity contribution is 0.101. The number of nitrogens with zero attached hydrogens (tertiary/aromatic N) is 1. The number of hydrogen-bond acceptors (Lipinski definition) is 2. The predicted molar refractivity (Wildman–Crippen MR) is 87.5 cm³/mol. The molecule has 1 atom stereocenters. The molecule has 1 N–H and O–H groups in total. The minimum Gasteiger partial charge on any atom is -0.378 e. The van der Waals surface area contributed by atoms with E-state index in [2.05, 4.69) is 47.3 Å². The fourth-order valence-electron chi connectivity index (χ4n) is 3.10. The van der Waals surface area contributed by atoms with Gasteiger partial charge >= 0.3 is 0 Å². The van der Waals surface area contributed by atoms with Crippen molar-refractivity contribution in [3.63, 3.8) is 0 Å². The molecule has 3 heteroatoms. The lowest BCUT2D eigenvalue weighted by atomic mass is 10.1. The molecule has 0 bridgehead atoms. The molecule has 0 aliphatic carbocycles. The van der Waals surface area contributed by atoms with E-state index in [4.69, 9.17) is 4.74 Å². The first-order valence-corrected chi connectivity index (χ1v) is 8.27. The van der Waals surface area contributed by atoms with Crippen LogP contribution in [0.1, 0.15) is 38.2 Å². The van der Waals surface area contributed by atoms with Gasteiger partial charge in [0.05, 0.1) is 6.10 Å². The molecule has 3 nitrogen and oxygen atoms in total. The summed E-state index contributed by atoms with van der Waals surface area (Å²) in [5, 5.41) is 4.81. The molecule has 1 saturated heterocycles. The maximum atomic E-state index is 5.73. The quantitative estimate of drug-likeness (QED) is 0.785. The monoisotopic (exact) mass is 286 g/mol. The highest BCUT2D eigenvalue weighted by Crippen LogP contribution is 2.21. The zero-order valence-corrected chi connectivity index (χ0v) is 13.0. The second-order valence-electron chi connectivity index (χ2n) is 6.00.